The summed E-state index contributed by atoms with van der Waals surface area (Å²) in [7, 11) is 0. The summed E-state index contributed by atoms with van der Waals surface area (Å²) in [6.07, 6.45) is 1.67. The van der Waals surface area contributed by atoms with E-state index in [4.69, 9.17) is 0 Å². The highest BCUT2D eigenvalue weighted by molar-refractivity contribution is 6.01. The van der Waals surface area contributed by atoms with Crippen LogP contribution in [-0.2, 0) is 0 Å². The lowest BCUT2D eigenvalue weighted by molar-refractivity contribution is 0.0698. The van der Waals surface area contributed by atoms with Gasteiger partial charge in [0.1, 0.15) is 6.33 Å². The molecule has 0 fully saturated rings. The summed E-state index contributed by atoms with van der Waals surface area (Å²) in [6, 6.07) is 13.3. The van der Waals surface area contributed by atoms with E-state index in [0.717, 1.165) is 5.69 Å². The Balaban J connectivity index is 2.18. The summed E-state index contributed by atoms with van der Waals surface area (Å²) in [4.78, 5) is 15.7. The Labute approximate surface area is 122 Å². The lowest BCUT2D eigenvalue weighted by atomic mass is 10.0. The van der Waals surface area contributed by atoms with Gasteiger partial charge in [-0.3, -0.25) is 4.57 Å². The minimum atomic E-state index is -0.943. The Morgan fingerprint density at radius 2 is 1.86 bits per heavy atom. The third-order valence-electron chi connectivity index (χ3n) is 3.64. The molecule has 0 bridgehead atoms. The van der Waals surface area contributed by atoms with Crippen LogP contribution in [0.15, 0.2) is 48.8 Å². The molecular weight excluding hydrogens is 264 g/mol. The molecule has 0 radical (unpaired) electrons. The maximum atomic E-state index is 11.4. The molecule has 0 spiro atoms. The SMILES string of the molecule is CC(C)c1ccc(-n2cnc3cccc(C(=O)O)c32)cc1. The lowest BCUT2D eigenvalue weighted by Gasteiger charge is -2.09. The second-order valence-electron chi connectivity index (χ2n) is 5.34. The monoisotopic (exact) mass is 280 g/mol. The normalized spacial score (nSPS) is 11.2. The van der Waals surface area contributed by atoms with Crippen molar-refractivity contribution in [3.63, 3.8) is 0 Å². The Morgan fingerprint density at radius 1 is 1.14 bits per heavy atom. The Kier molecular flexibility index (Phi) is 3.22. The van der Waals surface area contributed by atoms with Gasteiger partial charge in [0.25, 0.3) is 0 Å². The molecule has 0 saturated heterocycles. The van der Waals surface area contributed by atoms with E-state index >= 15 is 0 Å². The molecule has 0 atom stereocenters. The van der Waals surface area contributed by atoms with Crippen molar-refractivity contribution in [1.29, 1.82) is 0 Å². The molecule has 106 valence electrons. The van der Waals surface area contributed by atoms with Crippen molar-refractivity contribution >= 4 is 17.0 Å². The zero-order chi connectivity index (χ0) is 15.0. The van der Waals surface area contributed by atoms with E-state index in [-0.39, 0.29) is 5.56 Å². The van der Waals surface area contributed by atoms with Gasteiger partial charge in [-0.1, -0.05) is 32.0 Å². The molecule has 1 heterocycles. The minimum Gasteiger partial charge on any atom is -0.478 e. The molecule has 0 amide bonds. The highest BCUT2D eigenvalue weighted by Gasteiger charge is 2.14. The van der Waals surface area contributed by atoms with Crippen LogP contribution >= 0.6 is 0 Å². The maximum Gasteiger partial charge on any atom is 0.337 e. The third-order valence-corrected chi connectivity index (χ3v) is 3.64. The van der Waals surface area contributed by atoms with Crippen molar-refractivity contribution in [3.8, 4) is 5.69 Å². The lowest BCUT2D eigenvalue weighted by Crippen LogP contribution is -2.01. The fraction of sp³-hybridized carbons (Fsp3) is 0.176. The van der Waals surface area contributed by atoms with Gasteiger partial charge in [0.2, 0.25) is 0 Å². The largest absolute Gasteiger partial charge is 0.478 e. The van der Waals surface area contributed by atoms with Crippen LogP contribution in [0, 0.1) is 0 Å². The van der Waals surface area contributed by atoms with Crippen LogP contribution < -0.4 is 0 Å². The van der Waals surface area contributed by atoms with Gasteiger partial charge in [-0.25, -0.2) is 9.78 Å². The van der Waals surface area contributed by atoms with Gasteiger partial charge in [0.15, 0.2) is 0 Å². The van der Waals surface area contributed by atoms with E-state index in [1.807, 2.05) is 22.8 Å². The quantitative estimate of drug-likeness (QED) is 0.793. The highest BCUT2D eigenvalue weighted by Crippen LogP contribution is 2.23. The van der Waals surface area contributed by atoms with Crippen LogP contribution in [-0.4, -0.2) is 20.6 Å². The average molecular weight is 280 g/mol. The van der Waals surface area contributed by atoms with Crippen LogP contribution in [0.25, 0.3) is 16.7 Å². The Hall–Kier alpha value is -2.62. The number of carboxylic acid groups (broad SMARTS) is 1. The van der Waals surface area contributed by atoms with Crippen LogP contribution in [0.5, 0.6) is 0 Å². The number of carboxylic acids is 1. The van der Waals surface area contributed by atoms with Crippen molar-refractivity contribution < 1.29 is 9.90 Å². The number of aromatic nitrogens is 2. The first-order valence-corrected chi connectivity index (χ1v) is 6.87. The van der Waals surface area contributed by atoms with E-state index < -0.39 is 5.97 Å². The summed E-state index contributed by atoms with van der Waals surface area (Å²) < 4.78 is 1.82. The third kappa shape index (κ3) is 2.29. The predicted molar refractivity (Wildman–Crippen MR) is 82.1 cm³/mol. The summed E-state index contributed by atoms with van der Waals surface area (Å²) >= 11 is 0. The summed E-state index contributed by atoms with van der Waals surface area (Å²) in [6.45, 7) is 4.29. The van der Waals surface area contributed by atoms with Gasteiger partial charge >= 0.3 is 5.97 Å². The van der Waals surface area contributed by atoms with E-state index in [2.05, 4.69) is 31.0 Å². The molecule has 4 heteroatoms. The van der Waals surface area contributed by atoms with Gasteiger partial charge in [0.05, 0.1) is 16.6 Å². The number of imidazole rings is 1. The molecule has 1 N–H and O–H groups in total. The maximum absolute atomic E-state index is 11.4. The first kappa shape index (κ1) is 13.4. The second kappa shape index (κ2) is 5.05. The number of benzene rings is 2. The average Bonchev–Trinajstić information content (AvgIpc) is 2.91. The summed E-state index contributed by atoms with van der Waals surface area (Å²) in [5.74, 6) is -0.477. The van der Waals surface area contributed by atoms with E-state index in [1.165, 1.54) is 5.56 Å². The number of hydrogen-bond acceptors (Lipinski definition) is 2. The Morgan fingerprint density at radius 3 is 2.48 bits per heavy atom. The first-order valence-electron chi connectivity index (χ1n) is 6.87. The van der Waals surface area contributed by atoms with Crippen molar-refractivity contribution in [3.05, 3.63) is 59.9 Å². The molecule has 3 rings (SSSR count). The predicted octanol–water partition coefficient (Wildman–Crippen LogP) is 3.85. The van der Waals surface area contributed by atoms with E-state index in [1.54, 1.807) is 18.5 Å². The zero-order valence-electron chi connectivity index (χ0n) is 11.9. The number of para-hydroxylation sites is 1. The van der Waals surface area contributed by atoms with Crippen molar-refractivity contribution in [1.82, 2.24) is 9.55 Å². The number of aromatic carboxylic acids is 1. The highest BCUT2D eigenvalue weighted by atomic mass is 16.4. The molecule has 0 aliphatic carbocycles. The van der Waals surface area contributed by atoms with Gasteiger partial charge in [-0.2, -0.15) is 0 Å². The number of rotatable bonds is 3. The molecule has 0 aliphatic rings. The molecule has 3 aromatic rings. The first-order chi connectivity index (χ1) is 10.1. The minimum absolute atomic E-state index is 0.262. The zero-order valence-corrected chi connectivity index (χ0v) is 11.9. The van der Waals surface area contributed by atoms with Gasteiger partial charge in [-0.05, 0) is 35.7 Å². The number of fused-ring (bicyclic) bond motifs is 1. The van der Waals surface area contributed by atoms with Crippen LogP contribution in [0.4, 0.5) is 0 Å². The van der Waals surface area contributed by atoms with E-state index in [0.29, 0.717) is 17.0 Å². The van der Waals surface area contributed by atoms with Crippen LogP contribution in [0.3, 0.4) is 0 Å². The van der Waals surface area contributed by atoms with Crippen molar-refractivity contribution in [2.24, 2.45) is 0 Å². The van der Waals surface area contributed by atoms with Gasteiger partial charge < -0.3 is 5.11 Å². The van der Waals surface area contributed by atoms with E-state index in [9.17, 15) is 9.90 Å². The number of hydrogen-bond donors (Lipinski definition) is 1. The molecule has 0 saturated carbocycles. The number of nitrogens with zero attached hydrogens (tertiary/aromatic N) is 2. The standard InChI is InChI=1S/C17H16N2O2/c1-11(2)12-6-8-13(9-7-12)19-10-18-15-5-3-4-14(16(15)19)17(20)21/h3-11H,1-2H3,(H,20,21). The molecule has 0 aliphatic heterocycles. The Bertz CT molecular complexity index is 801. The van der Waals surface area contributed by atoms with Crippen LogP contribution in [0.1, 0.15) is 35.7 Å². The second-order valence-corrected chi connectivity index (χ2v) is 5.34. The molecule has 1 aromatic heterocycles. The van der Waals surface area contributed by atoms with Gasteiger partial charge in [-0.15, -0.1) is 0 Å². The molecule has 4 nitrogen and oxygen atoms in total. The number of carbonyl (C=O) groups is 1. The smallest absolute Gasteiger partial charge is 0.337 e. The summed E-state index contributed by atoms with van der Waals surface area (Å²) in [5.41, 5.74) is 3.74. The molecular formula is C17H16N2O2. The molecule has 2 aromatic carbocycles. The van der Waals surface area contributed by atoms with Crippen LogP contribution in [0.2, 0.25) is 0 Å². The summed E-state index contributed by atoms with van der Waals surface area (Å²) in [5, 5.41) is 9.35. The fourth-order valence-corrected chi connectivity index (χ4v) is 2.45. The topological polar surface area (TPSA) is 55.1 Å². The van der Waals surface area contributed by atoms with Crippen molar-refractivity contribution in [2.45, 2.75) is 19.8 Å². The molecule has 21 heavy (non-hydrogen) atoms. The van der Waals surface area contributed by atoms with Crippen molar-refractivity contribution in [2.75, 3.05) is 0 Å². The fourth-order valence-electron chi connectivity index (χ4n) is 2.45. The van der Waals surface area contributed by atoms with Gasteiger partial charge in [0, 0.05) is 5.69 Å². The molecule has 0 unspecified atom stereocenters.